The van der Waals surface area contributed by atoms with Crippen LogP contribution in [0.4, 0.5) is 13.2 Å². The molecule has 0 saturated heterocycles. The summed E-state index contributed by atoms with van der Waals surface area (Å²) in [6.07, 6.45) is -4.21. The van der Waals surface area contributed by atoms with Crippen molar-refractivity contribution in [3.63, 3.8) is 0 Å². The van der Waals surface area contributed by atoms with E-state index in [1.165, 1.54) is 27.7 Å². The summed E-state index contributed by atoms with van der Waals surface area (Å²) in [4.78, 5) is 0.521. The van der Waals surface area contributed by atoms with Crippen LogP contribution in [-0.2, 0) is 0 Å². The lowest BCUT2D eigenvalue weighted by atomic mass is 10.2. The van der Waals surface area contributed by atoms with Crippen LogP contribution in [0, 0.1) is 0 Å². The molecule has 0 aromatic carbocycles. The van der Waals surface area contributed by atoms with Gasteiger partial charge in [0.15, 0.2) is 0 Å². The summed E-state index contributed by atoms with van der Waals surface area (Å²) in [6.45, 7) is 6.14. The number of halogens is 3. The molecular weight excluding hydrogens is 155 g/mol. The number of hydrogen-bond acceptors (Lipinski definition) is 1. The minimum Gasteiger partial charge on any atom is -0.209 e. The predicted octanol–water partition coefficient (Wildman–Crippen LogP) is 2.63. The molecule has 68 valence electrons. The normalized spacial score (nSPS) is 13.6. The Morgan fingerprint density at radius 1 is 0.909 bits per heavy atom. The average Bonchev–Trinajstić information content (AvgIpc) is 1.54. The minimum absolute atomic E-state index is 0.491. The van der Waals surface area contributed by atoms with Gasteiger partial charge in [0.1, 0.15) is 0 Å². The number of nitrogens with zero attached hydrogens (tertiary/aromatic N) is 1. The largest absolute Gasteiger partial charge is 0.460 e. The topological polar surface area (TPSA) is 3.24 Å². The van der Waals surface area contributed by atoms with Gasteiger partial charge in [-0.25, -0.2) is 4.90 Å². The second-order valence-electron chi connectivity index (χ2n) is 3.06. The van der Waals surface area contributed by atoms with Crippen molar-refractivity contribution in [2.24, 2.45) is 0 Å². The molecule has 0 N–H and O–H groups in total. The fourth-order valence-corrected chi connectivity index (χ4v) is 1.18. The highest BCUT2D eigenvalue weighted by Gasteiger charge is 2.40. The van der Waals surface area contributed by atoms with Crippen molar-refractivity contribution >= 4 is 0 Å². The molecule has 0 unspecified atom stereocenters. The van der Waals surface area contributed by atoms with Gasteiger partial charge in [0.2, 0.25) is 0 Å². The molecule has 0 radical (unpaired) electrons. The quantitative estimate of drug-likeness (QED) is 0.574. The van der Waals surface area contributed by atoms with Crippen molar-refractivity contribution < 1.29 is 13.2 Å². The highest BCUT2D eigenvalue weighted by molar-refractivity contribution is 4.69. The van der Waals surface area contributed by atoms with Gasteiger partial charge in [0.05, 0.1) is 0 Å². The second kappa shape index (κ2) is 3.43. The first-order chi connectivity index (χ1) is 4.76. The van der Waals surface area contributed by atoms with Crippen LogP contribution in [0.25, 0.3) is 0 Å². The van der Waals surface area contributed by atoms with Gasteiger partial charge >= 0.3 is 6.30 Å². The molecule has 0 aliphatic rings. The van der Waals surface area contributed by atoms with Gasteiger partial charge in [-0.1, -0.05) is 0 Å². The second-order valence-corrected chi connectivity index (χ2v) is 3.06. The van der Waals surface area contributed by atoms with E-state index >= 15 is 0 Å². The zero-order valence-electron chi connectivity index (χ0n) is 7.24. The fourth-order valence-electron chi connectivity index (χ4n) is 1.18. The highest BCUT2D eigenvalue weighted by atomic mass is 19.4. The van der Waals surface area contributed by atoms with E-state index in [-0.39, 0.29) is 0 Å². The lowest BCUT2D eigenvalue weighted by molar-refractivity contribution is -0.265. The zero-order valence-corrected chi connectivity index (χ0v) is 7.24. The molecule has 4 heteroatoms. The Morgan fingerprint density at radius 3 is 1.18 bits per heavy atom. The molecule has 0 aliphatic carbocycles. The molecule has 0 bridgehead atoms. The summed E-state index contributed by atoms with van der Waals surface area (Å²) in [5, 5.41) is 0. The molecule has 0 rings (SSSR count). The van der Waals surface area contributed by atoms with Crippen LogP contribution in [0.2, 0.25) is 0 Å². The van der Waals surface area contributed by atoms with Crippen molar-refractivity contribution in [3.8, 4) is 0 Å². The van der Waals surface area contributed by atoms with E-state index in [4.69, 9.17) is 0 Å². The van der Waals surface area contributed by atoms with E-state index in [1.54, 1.807) is 0 Å². The van der Waals surface area contributed by atoms with Gasteiger partial charge in [0, 0.05) is 12.1 Å². The molecule has 0 atom stereocenters. The first kappa shape index (κ1) is 10.8. The Labute approximate surface area is 65.2 Å². The van der Waals surface area contributed by atoms with Gasteiger partial charge in [-0.05, 0) is 27.7 Å². The molecule has 0 fully saturated rings. The summed E-state index contributed by atoms with van der Waals surface area (Å²) in [6, 6.07) is -0.981. The maximum atomic E-state index is 12.1. The van der Waals surface area contributed by atoms with Crippen molar-refractivity contribution in [2.45, 2.75) is 46.1 Å². The summed E-state index contributed by atoms with van der Waals surface area (Å²) in [7, 11) is 0. The number of hydrogen-bond donors (Lipinski definition) is 0. The molecule has 0 spiro atoms. The van der Waals surface area contributed by atoms with E-state index in [0.717, 1.165) is 0 Å². The van der Waals surface area contributed by atoms with Gasteiger partial charge in [0.25, 0.3) is 0 Å². The monoisotopic (exact) mass is 169 g/mol. The first-order valence-corrected chi connectivity index (χ1v) is 3.62. The van der Waals surface area contributed by atoms with Crippen molar-refractivity contribution in [2.75, 3.05) is 0 Å². The third-order valence-electron chi connectivity index (χ3n) is 1.41. The van der Waals surface area contributed by atoms with Crippen LogP contribution in [0.15, 0.2) is 0 Å². The predicted molar refractivity (Wildman–Crippen MR) is 38.2 cm³/mol. The Balaban J connectivity index is 4.35. The fraction of sp³-hybridized carbons (Fsp3) is 1.00. The molecule has 0 aromatic heterocycles. The van der Waals surface area contributed by atoms with Gasteiger partial charge in [-0.2, -0.15) is 13.2 Å². The lowest BCUT2D eigenvalue weighted by Crippen LogP contribution is -2.47. The molecule has 0 saturated carbocycles. The molecule has 0 heterocycles. The first-order valence-electron chi connectivity index (χ1n) is 3.62. The highest BCUT2D eigenvalue weighted by Crippen LogP contribution is 2.25. The lowest BCUT2D eigenvalue weighted by Gasteiger charge is -2.31. The Bertz CT molecular complexity index is 109. The van der Waals surface area contributed by atoms with Crippen LogP contribution in [0.1, 0.15) is 27.7 Å². The van der Waals surface area contributed by atoms with Crippen LogP contribution < -0.4 is 0 Å². The summed E-state index contributed by atoms with van der Waals surface area (Å²) in [5.74, 6) is 0. The SMILES string of the molecule is CC(C)N(C(C)C)C(F)(F)F. The summed E-state index contributed by atoms with van der Waals surface area (Å²) >= 11 is 0. The molecule has 0 aliphatic heterocycles. The summed E-state index contributed by atoms with van der Waals surface area (Å²) in [5.41, 5.74) is 0. The van der Waals surface area contributed by atoms with E-state index in [0.29, 0.717) is 4.90 Å². The van der Waals surface area contributed by atoms with Gasteiger partial charge < -0.3 is 0 Å². The molecule has 0 amide bonds. The van der Waals surface area contributed by atoms with E-state index in [2.05, 4.69) is 0 Å². The Hall–Kier alpha value is -0.250. The van der Waals surface area contributed by atoms with Crippen LogP contribution in [-0.4, -0.2) is 23.3 Å². The molecule has 1 nitrogen and oxygen atoms in total. The van der Waals surface area contributed by atoms with Crippen molar-refractivity contribution in [1.82, 2.24) is 4.90 Å². The third kappa shape index (κ3) is 3.10. The minimum atomic E-state index is -4.21. The van der Waals surface area contributed by atoms with Crippen molar-refractivity contribution in [3.05, 3.63) is 0 Å². The Kier molecular flexibility index (Phi) is 3.35. The van der Waals surface area contributed by atoms with Crippen LogP contribution >= 0.6 is 0 Å². The zero-order chi connectivity index (χ0) is 9.23. The maximum Gasteiger partial charge on any atom is 0.460 e. The van der Waals surface area contributed by atoms with Crippen LogP contribution in [0.3, 0.4) is 0 Å². The van der Waals surface area contributed by atoms with E-state index in [9.17, 15) is 13.2 Å². The number of alkyl halides is 3. The average molecular weight is 169 g/mol. The molecular formula is C7H14F3N. The van der Waals surface area contributed by atoms with E-state index < -0.39 is 18.4 Å². The van der Waals surface area contributed by atoms with Gasteiger partial charge in [-0.15, -0.1) is 0 Å². The van der Waals surface area contributed by atoms with Gasteiger partial charge in [-0.3, -0.25) is 0 Å². The van der Waals surface area contributed by atoms with Crippen molar-refractivity contribution in [1.29, 1.82) is 0 Å². The Morgan fingerprint density at radius 2 is 1.18 bits per heavy atom. The standard InChI is InChI=1S/C7H14F3N/c1-5(2)11(6(3)4)7(8,9)10/h5-6H,1-4H3. The summed E-state index contributed by atoms with van der Waals surface area (Å²) < 4.78 is 36.4. The van der Waals surface area contributed by atoms with E-state index in [1.807, 2.05) is 0 Å². The third-order valence-corrected chi connectivity index (χ3v) is 1.41. The molecule has 11 heavy (non-hydrogen) atoms. The molecule has 0 aromatic rings. The van der Waals surface area contributed by atoms with Crippen LogP contribution in [0.5, 0.6) is 0 Å². The smallest absolute Gasteiger partial charge is 0.209 e. The maximum absolute atomic E-state index is 12.1. The number of rotatable bonds is 2.